The molecule has 13 atom stereocenters. The number of carbonyl (C=O) groups excluding carboxylic acids is 13. The van der Waals surface area contributed by atoms with Crippen molar-refractivity contribution in [2.24, 2.45) is 45.7 Å². The van der Waals surface area contributed by atoms with E-state index in [2.05, 4.69) is 68.8 Å². The number of benzene rings is 1. The van der Waals surface area contributed by atoms with Gasteiger partial charge in [-0.25, -0.2) is 0 Å². The van der Waals surface area contributed by atoms with E-state index in [1.165, 1.54) is 27.7 Å². The Morgan fingerprint density at radius 2 is 0.847 bits per heavy atom. The van der Waals surface area contributed by atoms with Crippen molar-refractivity contribution in [2.75, 3.05) is 13.1 Å². The van der Waals surface area contributed by atoms with Crippen molar-refractivity contribution < 1.29 is 92.0 Å². The highest BCUT2D eigenvalue weighted by molar-refractivity contribution is 5.99. The Morgan fingerprint density at radius 3 is 1.35 bits per heavy atom. The van der Waals surface area contributed by atoms with Crippen molar-refractivity contribution in [2.45, 2.75) is 219 Å². The van der Waals surface area contributed by atoms with E-state index in [0.717, 1.165) is 0 Å². The lowest BCUT2D eigenvalue weighted by atomic mass is 9.96. The maximum Gasteiger partial charge on any atom is 0.325 e. The molecule has 0 radical (unpaired) electrons. The average molecular weight is 1390 g/mol. The van der Waals surface area contributed by atoms with Gasteiger partial charge >= 0.3 is 17.9 Å². The van der Waals surface area contributed by atoms with Crippen LogP contribution in [0.15, 0.2) is 35.3 Å². The summed E-state index contributed by atoms with van der Waals surface area (Å²) in [6, 6.07) is -8.39. The molecule has 548 valence electrons. The molecule has 0 aliphatic rings. The molecule has 23 N–H and O–H groups in total. The summed E-state index contributed by atoms with van der Waals surface area (Å²) >= 11 is 0. The summed E-state index contributed by atoms with van der Waals surface area (Å²) in [6.45, 7) is 14.4. The normalized spacial score (nSPS) is 15.0. The Balaban J connectivity index is 3.33. The van der Waals surface area contributed by atoms with E-state index in [9.17, 15) is 86.9 Å². The van der Waals surface area contributed by atoms with E-state index in [-0.39, 0.29) is 75.7 Å². The number of hydrogen-bond acceptors (Lipinski definition) is 18. The zero-order valence-corrected chi connectivity index (χ0v) is 57.1. The molecular weight excluding hydrogens is 1290 g/mol. The molecule has 0 unspecified atom stereocenters. The summed E-state index contributed by atoms with van der Waals surface area (Å²) in [5, 5.41) is 57.4. The summed E-state index contributed by atoms with van der Waals surface area (Å²) in [5.74, 6) is -17.1. The molecule has 1 aromatic carbocycles. The molecule has 0 saturated heterocycles. The lowest BCUT2D eigenvalue weighted by molar-refractivity contribution is -0.142. The lowest BCUT2D eigenvalue weighted by Gasteiger charge is -2.28. The third-order valence-electron chi connectivity index (χ3n) is 15.0. The SMILES string of the molecule is CC[C@@H](C)[C@H](NC(=O)[C@H](C)NC(=O)CNC(=O)[C@H](CCCN=C(N)N)NC(=O)[C@H](C)NC(=O)[C@H](CC(C)C)NC(=O)[C@H](CCC(=O)O)NC(=O)[C@H](CC(C)C)NC(=O)[C@H](C)NC(=O)[C@@H](N)CCC(=O)O)C(=O)N[C@@H](Cc1ccccc1)C(=O)N[C@@H](CCC(N)=O)C(=O)N[C@@H](C)C(=O)O. The van der Waals surface area contributed by atoms with Crippen LogP contribution in [0.1, 0.15) is 145 Å². The van der Waals surface area contributed by atoms with E-state index in [4.69, 9.17) is 28.0 Å². The van der Waals surface area contributed by atoms with Crippen LogP contribution in [0.25, 0.3) is 0 Å². The zero-order valence-electron chi connectivity index (χ0n) is 57.1. The monoisotopic (exact) mass is 1390 g/mol. The number of nitrogens with two attached hydrogens (primary N) is 4. The second-order valence-electron chi connectivity index (χ2n) is 24.6. The van der Waals surface area contributed by atoms with Crippen molar-refractivity contribution in [3.8, 4) is 0 Å². The van der Waals surface area contributed by atoms with Crippen LogP contribution in [0.2, 0.25) is 0 Å². The molecule has 1 aromatic rings. The molecule has 0 aromatic heterocycles. The minimum absolute atomic E-state index is 0.00914. The van der Waals surface area contributed by atoms with Crippen LogP contribution in [0.4, 0.5) is 0 Å². The topological polar surface area (TPSA) is 595 Å². The maximum absolute atomic E-state index is 14.2. The van der Waals surface area contributed by atoms with Gasteiger partial charge in [-0.3, -0.25) is 81.7 Å². The average Bonchev–Trinajstić information content (AvgIpc) is 0.927. The molecule has 36 heteroatoms. The second-order valence-corrected chi connectivity index (χ2v) is 24.6. The summed E-state index contributed by atoms with van der Waals surface area (Å²) in [7, 11) is 0. The number of nitrogens with one attached hydrogen (secondary N) is 12. The van der Waals surface area contributed by atoms with Crippen LogP contribution in [-0.2, 0) is 83.1 Å². The molecular formula is C62H101N17O19. The Labute approximate surface area is 568 Å². The fourth-order valence-electron chi connectivity index (χ4n) is 9.18. The van der Waals surface area contributed by atoms with Crippen molar-refractivity contribution in [1.82, 2.24) is 63.8 Å². The van der Waals surface area contributed by atoms with Gasteiger partial charge in [-0.2, -0.15) is 0 Å². The van der Waals surface area contributed by atoms with Gasteiger partial charge in [0.2, 0.25) is 76.8 Å². The fraction of sp³-hybridized carbons (Fsp3) is 0.629. The minimum Gasteiger partial charge on any atom is -0.481 e. The van der Waals surface area contributed by atoms with Gasteiger partial charge in [0.25, 0.3) is 0 Å². The third-order valence-corrected chi connectivity index (χ3v) is 15.0. The van der Waals surface area contributed by atoms with E-state index in [0.29, 0.717) is 12.0 Å². The molecule has 0 heterocycles. The van der Waals surface area contributed by atoms with Gasteiger partial charge in [0.1, 0.15) is 66.5 Å². The highest BCUT2D eigenvalue weighted by atomic mass is 16.4. The number of nitrogens with zero attached hydrogens (tertiary/aromatic N) is 1. The molecule has 36 nitrogen and oxygen atoms in total. The van der Waals surface area contributed by atoms with E-state index in [1.54, 1.807) is 71.9 Å². The number of carbonyl (C=O) groups is 16. The Kier molecular flexibility index (Phi) is 38.5. The molecule has 13 amide bonds. The van der Waals surface area contributed by atoms with Crippen molar-refractivity contribution in [3.63, 3.8) is 0 Å². The Bertz CT molecular complexity index is 2970. The Hall–Kier alpha value is -10.0. The summed E-state index contributed by atoms with van der Waals surface area (Å²) in [4.78, 5) is 213. The standard InChI is InChI=1S/C62H101N17O19/c1-11-32(6)49(60(96)78-44(28-37-16-13-12-14-17-37)59(95)74-40(20-22-45(64)80)55(91)72-36(10)61(97)98)79-52(88)33(7)69-46(81)29-68-54(90)39(18-15-25-67-62(65)66)73-50(86)35(9)71-57(93)42(26-30(2)3)77-56(92)41(21-24-48(84)85)75-58(94)43(27-31(4)5)76-51(87)34(8)70-53(89)38(63)19-23-47(82)83/h12-14,16-17,30-36,38-44,49H,11,15,18-29,63H2,1-10H3,(H2,64,80)(H,68,90)(H,69,81)(H,70,89)(H,71,93)(H,72,91)(H,73,86)(H,74,95)(H,75,94)(H,76,87)(H,77,92)(H,78,96)(H,79,88)(H,82,83)(H,84,85)(H,97,98)(H4,65,66,67)/t32-,33+,34+,35+,36+,38+,39+,40+,41+,42+,43+,44+,49+/m1/s1. The second kappa shape index (κ2) is 43.9. The summed E-state index contributed by atoms with van der Waals surface area (Å²) < 4.78 is 0. The van der Waals surface area contributed by atoms with Crippen molar-refractivity contribution in [3.05, 3.63) is 35.9 Å². The largest absolute Gasteiger partial charge is 0.481 e. The van der Waals surface area contributed by atoms with E-state index >= 15 is 0 Å². The van der Waals surface area contributed by atoms with Gasteiger partial charge in [-0.05, 0) is 96.0 Å². The van der Waals surface area contributed by atoms with Crippen LogP contribution in [0, 0.1) is 17.8 Å². The predicted octanol–water partition coefficient (Wildman–Crippen LogP) is -4.64. The summed E-state index contributed by atoms with van der Waals surface area (Å²) in [5.41, 5.74) is 22.6. The molecule has 0 aliphatic carbocycles. The van der Waals surface area contributed by atoms with Crippen molar-refractivity contribution >= 4 is 101 Å². The lowest BCUT2D eigenvalue weighted by Crippen LogP contribution is -2.60. The van der Waals surface area contributed by atoms with Crippen molar-refractivity contribution in [1.29, 1.82) is 0 Å². The van der Waals surface area contributed by atoms with Gasteiger partial charge in [-0.1, -0.05) is 78.3 Å². The van der Waals surface area contributed by atoms with Gasteiger partial charge in [0.05, 0.1) is 12.6 Å². The first-order valence-electron chi connectivity index (χ1n) is 32.2. The maximum atomic E-state index is 14.2. The Morgan fingerprint density at radius 1 is 0.439 bits per heavy atom. The number of aliphatic imine (C=N–C) groups is 1. The highest BCUT2D eigenvalue weighted by Crippen LogP contribution is 2.14. The molecule has 0 aliphatic heterocycles. The number of aliphatic carboxylic acids is 3. The van der Waals surface area contributed by atoms with Crippen LogP contribution >= 0.6 is 0 Å². The smallest absolute Gasteiger partial charge is 0.325 e. The highest BCUT2D eigenvalue weighted by Gasteiger charge is 2.36. The fourth-order valence-corrected chi connectivity index (χ4v) is 9.18. The molecule has 98 heavy (non-hydrogen) atoms. The first kappa shape index (κ1) is 86.0. The molecule has 0 fully saturated rings. The molecule has 1 rings (SSSR count). The van der Waals surface area contributed by atoms with Gasteiger partial charge < -0.3 is 102 Å². The van der Waals surface area contributed by atoms with Gasteiger partial charge in [0.15, 0.2) is 5.96 Å². The number of guanidine groups is 1. The molecule has 0 spiro atoms. The molecule has 0 saturated carbocycles. The van der Waals surface area contributed by atoms with E-state index in [1.807, 2.05) is 0 Å². The number of carboxylic acids is 3. The third kappa shape index (κ3) is 34.1. The minimum atomic E-state index is -1.61. The van der Waals surface area contributed by atoms with E-state index < -0.39 is 199 Å². The number of rotatable bonds is 46. The van der Waals surface area contributed by atoms with Crippen LogP contribution in [-0.4, -0.2) is 202 Å². The zero-order chi connectivity index (χ0) is 74.7. The predicted molar refractivity (Wildman–Crippen MR) is 353 cm³/mol. The summed E-state index contributed by atoms with van der Waals surface area (Å²) in [6.07, 6.45) is -2.45. The van der Waals surface area contributed by atoms with Crippen LogP contribution < -0.4 is 86.7 Å². The van der Waals surface area contributed by atoms with Crippen LogP contribution in [0.5, 0.6) is 0 Å². The number of primary amides is 1. The first-order valence-corrected chi connectivity index (χ1v) is 32.2. The number of amides is 13. The quantitative estimate of drug-likeness (QED) is 0.0166. The number of hydrogen-bond donors (Lipinski definition) is 19. The van der Waals surface area contributed by atoms with Gasteiger partial charge in [-0.15, -0.1) is 0 Å². The number of carboxylic acid groups (broad SMARTS) is 3. The molecule has 0 bridgehead atoms. The van der Waals surface area contributed by atoms with Crippen LogP contribution in [0.3, 0.4) is 0 Å². The first-order chi connectivity index (χ1) is 45.8. The van der Waals surface area contributed by atoms with Gasteiger partial charge in [0, 0.05) is 32.2 Å².